The molecule has 0 aliphatic heterocycles. The van der Waals surface area contributed by atoms with Crippen LogP contribution in [0.1, 0.15) is 90.4 Å². The quantitative estimate of drug-likeness (QED) is 0.282. The van der Waals surface area contributed by atoms with E-state index in [9.17, 15) is 18.3 Å². The first-order chi connectivity index (χ1) is 11.0. The van der Waals surface area contributed by atoms with Crippen molar-refractivity contribution in [2.75, 3.05) is 12.3 Å². The van der Waals surface area contributed by atoms with Gasteiger partial charge in [0.2, 0.25) is 10.0 Å². The molecule has 0 aromatic heterocycles. The molecule has 5 nitrogen and oxygen atoms in total. The van der Waals surface area contributed by atoms with Gasteiger partial charge in [-0.2, -0.15) is 0 Å². The summed E-state index contributed by atoms with van der Waals surface area (Å²) in [6, 6.07) is 0. The number of nitrogens with one attached hydrogen (secondary N) is 1. The minimum Gasteiger partial charge on any atom is -0.550 e. The van der Waals surface area contributed by atoms with Crippen LogP contribution in [0.4, 0.5) is 0 Å². The zero-order valence-corrected chi connectivity index (χ0v) is 18.5. The number of aliphatic carboxylic acids is 1. The second-order valence-corrected chi connectivity index (χ2v) is 8.15. The van der Waals surface area contributed by atoms with Crippen LogP contribution in [0, 0.1) is 0 Å². The zero-order chi connectivity index (χ0) is 17.4. The summed E-state index contributed by atoms with van der Waals surface area (Å²) in [6.45, 7) is 2.15. The summed E-state index contributed by atoms with van der Waals surface area (Å²) in [6.07, 6.45) is 14.1. The van der Waals surface area contributed by atoms with Crippen molar-refractivity contribution in [3.63, 3.8) is 0 Å². The van der Waals surface area contributed by atoms with Gasteiger partial charge in [0.1, 0.15) is 0 Å². The summed E-state index contributed by atoms with van der Waals surface area (Å²) < 4.78 is 25.4. The Morgan fingerprint density at radius 1 is 0.833 bits per heavy atom. The summed E-state index contributed by atoms with van der Waals surface area (Å²) in [5, 5.41) is 10.2. The molecule has 0 saturated heterocycles. The van der Waals surface area contributed by atoms with Gasteiger partial charge >= 0.3 is 29.6 Å². The molecule has 0 rings (SSSR count). The summed E-state index contributed by atoms with van der Waals surface area (Å²) in [5.74, 6) is -1.16. The van der Waals surface area contributed by atoms with Crippen molar-refractivity contribution in [1.29, 1.82) is 0 Å². The fraction of sp³-hybridized carbons (Fsp3) is 0.941. The molecular weight excluding hydrogens is 337 g/mol. The van der Waals surface area contributed by atoms with Gasteiger partial charge in [0.25, 0.3) is 0 Å². The molecule has 1 N–H and O–H groups in total. The fourth-order valence-corrected chi connectivity index (χ4v) is 3.66. The predicted molar refractivity (Wildman–Crippen MR) is 92.5 cm³/mol. The van der Waals surface area contributed by atoms with Crippen LogP contribution in [0.3, 0.4) is 0 Å². The molecule has 138 valence electrons. The SMILES string of the molecule is CCCCCCCCCCCCCCS(=O)(=O)NCCC(=O)[O-].[Na+]. The maximum Gasteiger partial charge on any atom is 1.00 e. The maximum absolute atomic E-state index is 11.6. The Morgan fingerprint density at radius 3 is 1.67 bits per heavy atom. The normalized spacial score (nSPS) is 11.2. The second kappa shape index (κ2) is 18.2. The maximum atomic E-state index is 11.6. The van der Waals surface area contributed by atoms with E-state index in [2.05, 4.69) is 11.6 Å². The third kappa shape index (κ3) is 20.4. The standard InChI is InChI=1S/C17H35NO4S.Na/c1-2-3-4-5-6-7-8-9-10-11-12-13-16-23(21,22)18-15-14-17(19)20;/h18H,2-16H2,1H3,(H,19,20);/q;+1/p-1. The smallest absolute Gasteiger partial charge is 0.550 e. The van der Waals surface area contributed by atoms with E-state index in [1.165, 1.54) is 57.8 Å². The molecule has 0 bridgehead atoms. The molecule has 0 radical (unpaired) electrons. The van der Waals surface area contributed by atoms with E-state index in [0.717, 1.165) is 12.8 Å². The van der Waals surface area contributed by atoms with Gasteiger partial charge in [-0.3, -0.25) is 0 Å². The van der Waals surface area contributed by atoms with E-state index in [4.69, 9.17) is 0 Å². The monoisotopic (exact) mass is 371 g/mol. The summed E-state index contributed by atoms with van der Waals surface area (Å²) in [4.78, 5) is 10.2. The van der Waals surface area contributed by atoms with Gasteiger partial charge in [0.05, 0.1) is 5.75 Å². The number of hydrogen-bond acceptors (Lipinski definition) is 4. The van der Waals surface area contributed by atoms with Gasteiger partial charge in [-0.05, 0) is 6.42 Å². The average Bonchev–Trinajstić information content (AvgIpc) is 2.47. The molecule has 0 amide bonds. The molecule has 24 heavy (non-hydrogen) atoms. The molecule has 0 aromatic rings. The molecule has 0 saturated carbocycles. The van der Waals surface area contributed by atoms with Crippen LogP contribution in [-0.4, -0.2) is 26.7 Å². The number of carboxylic acids is 1. The predicted octanol–water partition coefficient (Wildman–Crippen LogP) is -0.249. The molecule has 0 atom stereocenters. The van der Waals surface area contributed by atoms with Crippen LogP contribution in [-0.2, 0) is 14.8 Å². The largest absolute Gasteiger partial charge is 1.00 e. The van der Waals surface area contributed by atoms with Crippen molar-refractivity contribution in [3.8, 4) is 0 Å². The molecule has 0 aromatic carbocycles. The van der Waals surface area contributed by atoms with Crippen LogP contribution in [0.2, 0.25) is 0 Å². The average molecular weight is 372 g/mol. The summed E-state index contributed by atoms with van der Waals surface area (Å²) in [5.41, 5.74) is 0. The second-order valence-electron chi connectivity index (χ2n) is 6.22. The Kier molecular flexibility index (Phi) is 20.2. The Balaban J connectivity index is 0. The Bertz CT molecular complexity index is 388. The first-order valence-electron chi connectivity index (χ1n) is 9.15. The number of carbonyl (C=O) groups excluding carboxylic acids is 1. The minimum atomic E-state index is -3.33. The van der Waals surface area contributed by atoms with E-state index >= 15 is 0 Å². The van der Waals surface area contributed by atoms with Crippen molar-refractivity contribution >= 4 is 16.0 Å². The van der Waals surface area contributed by atoms with E-state index in [1.54, 1.807) is 0 Å². The van der Waals surface area contributed by atoms with Gasteiger partial charge in [-0.1, -0.05) is 77.6 Å². The molecule has 0 spiro atoms. The Hall–Kier alpha value is 0.380. The van der Waals surface area contributed by atoms with Gasteiger partial charge in [0.15, 0.2) is 0 Å². The molecule has 0 unspecified atom stereocenters. The number of sulfonamides is 1. The summed E-state index contributed by atoms with van der Waals surface area (Å²) >= 11 is 0. The third-order valence-electron chi connectivity index (χ3n) is 3.92. The molecule has 7 heteroatoms. The Morgan fingerprint density at radius 2 is 1.25 bits per heavy atom. The van der Waals surface area contributed by atoms with Crippen LogP contribution < -0.4 is 39.4 Å². The van der Waals surface area contributed by atoms with Crippen molar-refractivity contribution in [3.05, 3.63) is 0 Å². The topological polar surface area (TPSA) is 86.3 Å². The Labute approximate surface area is 170 Å². The van der Waals surface area contributed by atoms with Crippen molar-refractivity contribution in [1.82, 2.24) is 4.72 Å². The van der Waals surface area contributed by atoms with Gasteiger partial charge in [-0.25, -0.2) is 13.1 Å². The van der Waals surface area contributed by atoms with Crippen LogP contribution in [0.25, 0.3) is 0 Å². The minimum absolute atomic E-state index is 0. The van der Waals surface area contributed by atoms with E-state index < -0.39 is 16.0 Å². The van der Waals surface area contributed by atoms with E-state index in [0.29, 0.717) is 6.42 Å². The van der Waals surface area contributed by atoms with E-state index in [-0.39, 0.29) is 48.3 Å². The summed E-state index contributed by atoms with van der Waals surface area (Å²) in [7, 11) is -3.33. The third-order valence-corrected chi connectivity index (χ3v) is 5.39. The first-order valence-corrected chi connectivity index (χ1v) is 10.8. The molecular formula is C17H34NNaO4S. The van der Waals surface area contributed by atoms with Crippen molar-refractivity contribution < 1.29 is 47.9 Å². The molecule has 0 fully saturated rings. The van der Waals surface area contributed by atoms with Crippen LogP contribution >= 0.6 is 0 Å². The van der Waals surface area contributed by atoms with E-state index in [1.807, 2.05) is 0 Å². The molecule has 0 aliphatic carbocycles. The number of carbonyl (C=O) groups is 1. The van der Waals surface area contributed by atoms with Gasteiger partial charge < -0.3 is 9.90 Å². The van der Waals surface area contributed by atoms with Crippen LogP contribution in [0.5, 0.6) is 0 Å². The number of hydrogen-bond donors (Lipinski definition) is 1. The number of unbranched alkanes of at least 4 members (excludes halogenated alkanes) is 11. The van der Waals surface area contributed by atoms with Crippen molar-refractivity contribution in [2.24, 2.45) is 0 Å². The van der Waals surface area contributed by atoms with Gasteiger partial charge in [-0.15, -0.1) is 0 Å². The van der Waals surface area contributed by atoms with Crippen LogP contribution in [0.15, 0.2) is 0 Å². The first kappa shape index (κ1) is 26.6. The fourth-order valence-electron chi connectivity index (χ4n) is 2.51. The molecule has 0 aliphatic rings. The zero-order valence-electron chi connectivity index (χ0n) is 15.6. The van der Waals surface area contributed by atoms with Gasteiger partial charge in [0, 0.05) is 18.9 Å². The number of rotatable bonds is 17. The molecule has 0 heterocycles. The van der Waals surface area contributed by atoms with Crippen molar-refractivity contribution in [2.45, 2.75) is 90.4 Å². The number of carboxylic acid groups (broad SMARTS) is 1.